The van der Waals surface area contributed by atoms with Gasteiger partial charge in [-0.25, -0.2) is 9.38 Å². The van der Waals surface area contributed by atoms with Crippen molar-refractivity contribution in [1.82, 2.24) is 10.6 Å². The Labute approximate surface area is 165 Å². The van der Waals surface area contributed by atoms with Gasteiger partial charge in [0, 0.05) is 13.1 Å². The third-order valence-corrected chi connectivity index (χ3v) is 3.95. The fourth-order valence-electron chi connectivity index (χ4n) is 2.61. The highest BCUT2D eigenvalue weighted by molar-refractivity contribution is 5.79. The van der Waals surface area contributed by atoms with Gasteiger partial charge in [-0.1, -0.05) is 12.1 Å². The van der Waals surface area contributed by atoms with Crippen molar-refractivity contribution >= 4 is 5.96 Å². The predicted octanol–water partition coefficient (Wildman–Crippen LogP) is 3.50. The van der Waals surface area contributed by atoms with Gasteiger partial charge >= 0.3 is 0 Å². The van der Waals surface area contributed by atoms with E-state index in [0.717, 1.165) is 17.7 Å². The molecule has 0 spiro atoms. The molecule has 0 aliphatic carbocycles. The van der Waals surface area contributed by atoms with E-state index in [4.69, 9.17) is 14.2 Å². The van der Waals surface area contributed by atoms with Crippen LogP contribution in [0.4, 0.5) is 4.39 Å². The maximum Gasteiger partial charge on any atom is 0.203 e. The molecule has 0 radical (unpaired) electrons. The van der Waals surface area contributed by atoms with E-state index in [0.29, 0.717) is 42.9 Å². The van der Waals surface area contributed by atoms with Crippen LogP contribution in [0.25, 0.3) is 0 Å². The van der Waals surface area contributed by atoms with Gasteiger partial charge < -0.3 is 24.8 Å². The molecule has 2 rings (SSSR count). The largest absolute Gasteiger partial charge is 0.493 e. The van der Waals surface area contributed by atoms with E-state index in [9.17, 15) is 4.39 Å². The summed E-state index contributed by atoms with van der Waals surface area (Å²) in [5, 5.41) is 6.45. The number of ether oxygens (including phenoxy) is 3. The molecule has 0 atom stereocenters. The molecule has 152 valence electrons. The van der Waals surface area contributed by atoms with E-state index in [1.165, 1.54) is 12.1 Å². The Kier molecular flexibility index (Phi) is 8.39. The van der Waals surface area contributed by atoms with Crippen LogP contribution in [0.1, 0.15) is 25.0 Å². The topological polar surface area (TPSA) is 64.1 Å². The summed E-state index contributed by atoms with van der Waals surface area (Å²) in [5.74, 6) is 2.22. The highest BCUT2D eigenvalue weighted by Gasteiger charge is 2.13. The minimum Gasteiger partial charge on any atom is -0.493 e. The fourth-order valence-corrected chi connectivity index (χ4v) is 2.61. The molecule has 6 nitrogen and oxygen atoms in total. The number of nitrogens with one attached hydrogen (secondary N) is 2. The first-order valence-corrected chi connectivity index (χ1v) is 9.25. The van der Waals surface area contributed by atoms with E-state index < -0.39 is 0 Å². The van der Waals surface area contributed by atoms with Crippen molar-refractivity contribution in [2.75, 3.05) is 27.4 Å². The first kappa shape index (κ1) is 21.3. The van der Waals surface area contributed by atoms with Crippen molar-refractivity contribution in [3.63, 3.8) is 0 Å². The standard InChI is InChI=1S/C21H28FN3O3/c1-5-23-21(24-13-15-7-9-17(22)10-8-15)25-14-16-11-18(26-3)20(28-6-2)19(12-16)27-4/h7-12H,5-6,13-14H2,1-4H3,(H2,23,24,25). The lowest BCUT2D eigenvalue weighted by Gasteiger charge is -2.15. The quantitative estimate of drug-likeness (QED) is 0.508. The van der Waals surface area contributed by atoms with Gasteiger partial charge in [0.15, 0.2) is 17.5 Å². The number of halogens is 1. The first-order chi connectivity index (χ1) is 13.6. The lowest BCUT2D eigenvalue weighted by Crippen LogP contribution is -2.36. The van der Waals surface area contributed by atoms with Crippen LogP contribution in [0.15, 0.2) is 41.4 Å². The zero-order valence-electron chi connectivity index (χ0n) is 16.8. The van der Waals surface area contributed by atoms with E-state index in [-0.39, 0.29) is 5.82 Å². The molecule has 0 heterocycles. The molecule has 2 aromatic rings. The summed E-state index contributed by atoms with van der Waals surface area (Å²) in [5.41, 5.74) is 1.90. The molecule has 0 bridgehead atoms. The number of guanidine groups is 1. The van der Waals surface area contributed by atoms with Crippen LogP contribution >= 0.6 is 0 Å². The van der Waals surface area contributed by atoms with Crippen molar-refractivity contribution in [3.05, 3.63) is 53.3 Å². The third kappa shape index (κ3) is 6.04. The molecule has 2 N–H and O–H groups in total. The lowest BCUT2D eigenvalue weighted by molar-refractivity contribution is 0.288. The number of hydrogen-bond acceptors (Lipinski definition) is 4. The van der Waals surface area contributed by atoms with Crippen molar-refractivity contribution < 1.29 is 18.6 Å². The van der Waals surface area contributed by atoms with Crippen molar-refractivity contribution in [2.45, 2.75) is 26.9 Å². The average Bonchev–Trinajstić information content (AvgIpc) is 2.71. The van der Waals surface area contributed by atoms with E-state index in [1.54, 1.807) is 26.4 Å². The molecule has 0 aliphatic heterocycles. The zero-order valence-corrected chi connectivity index (χ0v) is 16.8. The molecule has 28 heavy (non-hydrogen) atoms. The third-order valence-electron chi connectivity index (χ3n) is 3.95. The van der Waals surface area contributed by atoms with Crippen molar-refractivity contribution in [3.8, 4) is 17.2 Å². The maximum absolute atomic E-state index is 13.0. The Hall–Kier alpha value is -2.96. The second kappa shape index (κ2) is 11.0. The molecule has 7 heteroatoms. The molecule has 0 aromatic heterocycles. The fraction of sp³-hybridized carbons (Fsp3) is 0.381. The Morgan fingerprint density at radius 3 is 2.14 bits per heavy atom. The van der Waals surface area contributed by atoms with Gasteiger partial charge in [-0.15, -0.1) is 0 Å². The van der Waals surface area contributed by atoms with Gasteiger partial charge in [0.05, 0.1) is 27.4 Å². The predicted molar refractivity (Wildman–Crippen MR) is 109 cm³/mol. The Morgan fingerprint density at radius 2 is 1.61 bits per heavy atom. The van der Waals surface area contributed by atoms with Gasteiger partial charge in [0.25, 0.3) is 0 Å². The minimum absolute atomic E-state index is 0.247. The van der Waals surface area contributed by atoms with E-state index >= 15 is 0 Å². The normalized spacial score (nSPS) is 11.1. The molecular weight excluding hydrogens is 361 g/mol. The van der Waals surface area contributed by atoms with Gasteiger partial charge in [0.2, 0.25) is 5.75 Å². The van der Waals surface area contributed by atoms with Crippen LogP contribution in [-0.4, -0.2) is 33.3 Å². The number of methoxy groups -OCH3 is 2. The number of benzene rings is 2. The number of rotatable bonds is 9. The maximum atomic E-state index is 13.0. The zero-order chi connectivity index (χ0) is 20.4. The summed E-state index contributed by atoms with van der Waals surface area (Å²) in [6.45, 7) is 6.12. The van der Waals surface area contributed by atoms with Crippen LogP contribution in [0.2, 0.25) is 0 Å². The van der Waals surface area contributed by atoms with Crippen molar-refractivity contribution in [1.29, 1.82) is 0 Å². The number of nitrogens with zero attached hydrogens (tertiary/aromatic N) is 1. The SMILES string of the molecule is CCNC(=NCc1cc(OC)c(OCC)c(OC)c1)NCc1ccc(F)cc1. The van der Waals surface area contributed by atoms with Gasteiger partial charge in [0.1, 0.15) is 5.82 Å². The Balaban J connectivity index is 2.13. The Morgan fingerprint density at radius 1 is 0.964 bits per heavy atom. The van der Waals surface area contributed by atoms with Crippen LogP contribution in [-0.2, 0) is 13.1 Å². The van der Waals surface area contributed by atoms with Gasteiger partial charge in [-0.2, -0.15) is 0 Å². The molecule has 0 fully saturated rings. The molecule has 0 saturated heterocycles. The number of hydrogen-bond donors (Lipinski definition) is 2. The molecule has 0 unspecified atom stereocenters. The smallest absolute Gasteiger partial charge is 0.203 e. The highest BCUT2D eigenvalue weighted by Crippen LogP contribution is 2.38. The van der Waals surface area contributed by atoms with Crippen LogP contribution in [0.5, 0.6) is 17.2 Å². The van der Waals surface area contributed by atoms with Crippen LogP contribution < -0.4 is 24.8 Å². The molecule has 2 aromatic carbocycles. The molecule has 0 aliphatic rings. The van der Waals surface area contributed by atoms with E-state index in [2.05, 4.69) is 15.6 Å². The van der Waals surface area contributed by atoms with Crippen molar-refractivity contribution in [2.24, 2.45) is 4.99 Å². The monoisotopic (exact) mass is 389 g/mol. The van der Waals surface area contributed by atoms with Crippen LogP contribution in [0.3, 0.4) is 0 Å². The molecule has 0 amide bonds. The summed E-state index contributed by atoms with van der Waals surface area (Å²) in [4.78, 5) is 4.61. The number of aliphatic imine (C=N–C) groups is 1. The summed E-state index contributed by atoms with van der Waals surface area (Å²) in [7, 11) is 3.19. The molecular formula is C21H28FN3O3. The van der Waals surface area contributed by atoms with Gasteiger partial charge in [-0.3, -0.25) is 0 Å². The highest BCUT2D eigenvalue weighted by atomic mass is 19.1. The summed E-state index contributed by atoms with van der Waals surface area (Å²) >= 11 is 0. The first-order valence-electron chi connectivity index (χ1n) is 9.25. The minimum atomic E-state index is -0.247. The molecule has 0 saturated carbocycles. The summed E-state index contributed by atoms with van der Waals surface area (Å²) < 4.78 is 29.5. The van der Waals surface area contributed by atoms with Crippen LogP contribution in [0, 0.1) is 5.82 Å². The summed E-state index contributed by atoms with van der Waals surface area (Å²) in [6.07, 6.45) is 0. The lowest BCUT2D eigenvalue weighted by atomic mass is 10.2. The average molecular weight is 389 g/mol. The summed E-state index contributed by atoms with van der Waals surface area (Å²) in [6, 6.07) is 10.2. The van der Waals surface area contributed by atoms with E-state index in [1.807, 2.05) is 26.0 Å². The second-order valence-corrected chi connectivity index (χ2v) is 5.94. The van der Waals surface area contributed by atoms with Gasteiger partial charge in [-0.05, 0) is 49.2 Å². The second-order valence-electron chi connectivity index (χ2n) is 5.94. The Bertz CT molecular complexity index is 754.